The standard InChI is InChI=1S/C10H12N2S/c1-4-9-7(2)5-8(6-11)10(12-9)13-3/h5H,4H2,1-3H3. The number of nitrogens with zero attached hydrogens (tertiary/aromatic N) is 2. The van der Waals surface area contributed by atoms with E-state index in [9.17, 15) is 0 Å². The van der Waals surface area contributed by atoms with Crippen molar-refractivity contribution in [2.75, 3.05) is 6.26 Å². The van der Waals surface area contributed by atoms with Gasteiger partial charge in [0.05, 0.1) is 5.56 Å². The summed E-state index contributed by atoms with van der Waals surface area (Å²) in [4.78, 5) is 4.42. The van der Waals surface area contributed by atoms with Crippen molar-refractivity contribution in [2.45, 2.75) is 25.3 Å². The van der Waals surface area contributed by atoms with E-state index in [4.69, 9.17) is 5.26 Å². The summed E-state index contributed by atoms with van der Waals surface area (Å²) >= 11 is 1.52. The molecule has 68 valence electrons. The lowest BCUT2D eigenvalue weighted by Gasteiger charge is -2.05. The van der Waals surface area contributed by atoms with Crippen molar-refractivity contribution in [1.82, 2.24) is 4.98 Å². The van der Waals surface area contributed by atoms with Gasteiger partial charge in [-0.3, -0.25) is 0 Å². The van der Waals surface area contributed by atoms with E-state index in [0.717, 1.165) is 22.7 Å². The maximum Gasteiger partial charge on any atom is 0.114 e. The van der Waals surface area contributed by atoms with Crippen molar-refractivity contribution in [3.8, 4) is 6.07 Å². The maximum absolute atomic E-state index is 8.83. The van der Waals surface area contributed by atoms with Crippen molar-refractivity contribution >= 4 is 11.8 Å². The van der Waals surface area contributed by atoms with E-state index in [-0.39, 0.29) is 0 Å². The average Bonchev–Trinajstić information content (AvgIpc) is 2.17. The molecular formula is C10H12N2S. The van der Waals surface area contributed by atoms with Gasteiger partial charge >= 0.3 is 0 Å². The average molecular weight is 192 g/mol. The number of hydrogen-bond acceptors (Lipinski definition) is 3. The van der Waals surface area contributed by atoms with Gasteiger partial charge in [-0.15, -0.1) is 11.8 Å². The summed E-state index contributed by atoms with van der Waals surface area (Å²) < 4.78 is 0. The zero-order chi connectivity index (χ0) is 9.84. The molecule has 0 aliphatic carbocycles. The summed E-state index contributed by atoms with van der Waals surface area (Å²) in [6.07, 6.45) is 2.86. The molecule has 0 N–H and O–H groups in total. The summed E-state index contributed by atoms with van der Waals surface area (Å²) in [6, 6.07) is 4.07. The zero-order valence-electron chi connectivity index (χ0n) is 8.09. The van der Waals surface area contributed by atoms with Crippen molar-refractivity contribution in [1.29, 1.82) is 5.26 Å². The molecule has 0 saturated heterocycles. The van der Waals surface area contributed by atoms with Crippen LogP contribution in [0.2, 0.25) is 0 Å². The molecule has 1 heterocycles. The topological polar surface area (TPSA) is 36.7 Å². The zero-order valence-corrected chi connectivity index (χ0v) is 8.90. The summed E-state index contributed by atoms with van der Waals surface area (Å²) in [5.74, 6) is 0. The van der Waals surface area contributed by atoms with Gasteiger partial charge in [0.25, 0.3) is 0 Å². The van der Waals surface area contributed by atoms with Crippen LogP contribution < -0.4 is 0 Å². The first-order chi connectivity index (χ1) is 6.22. The van der Waals surface area contributed by atoms with Gasteiger partial charge in [-0.2, -0.15) is 5.26 Å². The second-order valence-electron chi connectivity index (χ2n) is 2.77. The van der Waals surface area contributed by atoms with Crippen LogP contribution in [0.5, 0.6) is 0 Å². The van der Waals surface area contributed by atoms with Crippen LogP contribution in [0, 0.1) is 18.3 Å². The Kier molecular flexibility index (Phi) is 3.32. The molecule has 0 aliphatic heterocycles. The third-order valence-corrected chi connectivity index (χ3v) is 2.63. The van der Waals surface area contributed by atoms with Gasteiger partial charge in [0, 0.05) is 5.69 Å². The lowest BCUT2D eigenvalue weighted by Crippen LogP contribution is -1.96. The molecule has 0 radical (unpaired) electrons. The fourth-order valence-electron chi connectivity index (χ4n) is 1.23. The van der Waals surface area contributed by atoms with E-state index < -0.39 is 0 Å². The third kappa shape index (κ3) is 2.02. The number of nitriles is 1. The number of pyridine rings is 1. The normalized spacial score (nSPS) is 9.69. The molecule has 0 aliphatic rings. The van der Waals surface area contributed by atoms with Gasteiger partial charge in [0.1, 0.15) is 11.1 Å². The number of thioether (sulfide) groups is 1. The predicted molar refractivity (Wildman–Crippen MR) is 54.8 cm³/mol. The van der Waals surface area contributed by atoms with Gasteiger partial charge in [-0.1, -0.05) is 6.92 Å². The van der Waals surface area contributed by atoms with Crippen LogP contribution in [0.15, 0.2) is 11.1 Å². The second-order valence-corrected chi connectivity index (χ2v) is 3.57. The smallest absolute Gasteiger partial charge is 0.114 e. The highest BCUT2D eigenvalue weighted by Gasteiger charge is 2.06. The highest BCUT2D eigenvalue weighted by Crippen LogP contribution is 2.20. The Morgan fingerprint density at radius 3 is 2.77 bits per heavy atom. The molecule has 0 spiro atoms. The van der Waals surface area contributed by atoms with Crippen LogP contribution >= 0.6 is 11.8 Å². The number of aromatic nitrogens is 1. The molecule has 2 nitrogen and oxygen atoms in total. The first kappa shape index (κ1) is 10.1. The Bertz CT molecular complexity index is 353. The molecule has 1 rings (SSSR count). The highest BCUT2D eigenvalue weighted by molar-refractivity contribution is 7.98. The minimum Gasteiger partial charge on any atom is -0.245 e. The molecule has 1 aromatic heterocycles. The minimum absolute atomic E-state index is 0.683. The largest absolute Gasteiger partial charge is 0.245 e. The van der Waals surface area contributed by atoms with Gasteiger partial charge < -0.3 is 0 Å². The quantitative estimate of drug-likeness (QED) is 0.676. The van der Waals surface area contributed by atoms with E-state index >= 15 is 0 Å². The summed E-state index contributed by atoms with van der Waals surface area (Å²) in [5, 5.41) is 9.67. The molecule has 13 heavy (non-hydrogen) atoms. The lowest BCUT2D eigenvalue weighted by molar-refractivity contribution is 0.943. The van der Waals surface area contributed by atoms with Crippen LogP contribution in [0.4, 0.5) is 0 Å². The molecule has 0 atom stereocenters. The molecule has 0 saturated carbocycles. The summed E-state index contributed by atoms with van der Waals surface area (Å²) in [7, 11) is 0. The Morgan fingerprint density at radius 2 is 2.31 bits per heavy atom. The molecule has 0 amide bonds. The molecule has 0 bridgehead atoms. The van der Waals surface area contributed by atoms with Crippen LogP contribution in [0.1, 0.15) is 23.7 Å². The first-order valence-electron chi connectivity index (χ1n) is 4.17. The van der Waals surface area contributed by atoms with Gasteiger partial charge in [0.15, 0.2) is 0 Å². The number of aryl methyl sites for hydroxylation is 2. The molecule has 3 heteroatoms. The monoisotopic (exact) mass is 192 g/mol. The van der Waals surface area contributed by atoms with Gasteiger partial charge in [0.2, 0.25) is 0 Å². The third-order valence-electron chi connectivity index (χ3n) is 1.93. The van der Waals surface area contributed by atoms with E-state index in [1.165, 1.54) is 11.8 Å². The van der Waals surface area contributed by atoms with Crippen molar-refractivity contribution in [2.24, 2.45) is 0 Å². The van der Waals surface area contributed by atoms with Crippen LogP contribution in [0.3, 0.4) is 0 Å². The Balaban J connectivity index is 3.28. The Labute approximate surface area is 83.0 Å². The van der Waals surface area contributed by atoms with Crippen molar-refractivity contribution < 1.29 is 0 Å². The van der Waals surface area contributed by atoms with Crippen LogP contribution in [0.25, 0.3) is 0 Å². The van der Waals surface area contributed by atoms with E-state index in [1.807, 2.05) is 19.2 Å². The molecule has 1 aromatic rings. The fourth-order valence-corrected chi connectivity index (χ4v) is 1.75. The fraction of sp³-hybridized carbons (Fsp3) is 0.400. The van der Waals surface area contributed by atoms with Gasteiger partial charge in [-0.25, -0.2) is 4.98 Å². The van der Waals surface area contributed by atoms with Crippen LogP contribution in [-0.4, -0.2) is 11.2 Å². The first-order valence-corrected chi connectivity index (χ1v) is 5.40. The number of rotatable bonds is 2. The minimum atomic E-state index is 0.683. The Morgan fingerprint density at radius 1 is 1.62 bits per heavy atom. The predicted octanol–water partition coefficient (Wildman–Crippen LogP) is 2.55. The molecular weight excluding hydrogens is 180 g/mol. The van der Waals surface area contributed by atoms with Crippen molar-refractivity contribution in [3.63, 3.8) is 0 Å². The Hall–Kier alpha value is -1.01. The van der Waals surface area contributed by atoms with E-state index in [0.29, 0.717) is 5.56 Å². The highest BCUT2D eigenvalue weighted by atomic mass is 32.2. The van der Waals surface area contributed by atoms with E-state index in [2.05, 4.69) is 18.0 Å². The molecule has 0 aromatic carbocycles. The summed E-state index contributed by atoms with van der Waals surface area (Å²) in [5.41, 5.74) is 2.88. The summed E-state index contributed by atoms with van der Waals surface area (Å²) in [6.45, 7) is 4.07. The molecule has 0 unspecified atom stereocenters. The number of hydrogen-bond donors (Lipinski definition) is 0. The maximum atomic E-state index is 8.83. The van der Waals surface area contributed by atoms with Crippen LogP contribution in [-0.2, 0) is 6.42 Å². The second kappa shape index (κ2) is 4.29. The van der Waals surface area contributed by atoms with Gasteiger partial charge in [-0.05, 0) is 31.2 Å². The van der Waals surface area contributed by atoms with Crippen molar-refractivity contribution in [3.05, 3.63) is 22.9 Å². The van der Waals surface area contributed by atoms with E-state index in [1.54, 1.807) is 0 Å². The lowest BCUT2D eigenvalue weighted by atomic mass is 10.1. The SMILES string of the molecule is CCc1nc(SC)c(C#N)cc1C. The molecule has 0 fully saturated rings.